The summed E-state index contributed by atoms with van der Waals surface area (Å²) in [7, 11) is 0. The smallest absolute Gasteiger partial charge is 0.0533 e. The largest absolute Gasteiger partial charge is 0.344 e. The Kier molecular flexibility index (Phi) is 15.1. The molecule has 0 heterocycles. The summed E-state index contributed by atoms with van der Waals surface area (Å²) in [4.78, 5) is 0. The minimum Gasteiger partial charge on any atom is -0.344 e. The van der Waals surface area contributed by atoms with E-state index in [9.17, 15) is 0 Å². The molecule has 0 radical (unpaired) electrons. The van der Waals surface area contributed by atoms with Crippen LogP contribution in [0.4, 0.5) is 0 Å². The standard InChI is InChI=1S/C12H24.2H3N/c1-2-4-6-8-10-12-11-9-7-5-3-1;;/h1-12H2;2*1H3. The van der Waals surface area contributed by atoms with Crippen molar-refractivity contribution in [1.82, 2.24) is 12.3 Å². The molecule has 0 aromatic carbocycles. The van der Waals surface area contributed by atoms with Gasteiger partial charge in [-0.15, -0.1) is 0 Å². The quantitative estimate of drug-likeness (QED) is 0.580. The number of hydrogen-bond donors (Lipinski definition) is 2. The van der Waals surface area contributed by atoms with Crippen LogP contribution in [0.5, 0.6) is 0 Å². The second kappa shape index (κ2) is 12.9. The van der Waals surface area contributed by atoms with Crippen molar-refractivity contribution in [3.8, 4) is 0 Å². The molecule has 1 aliphatic rings. The Morgan fingerprint density at radius 3 is 0.357 bits per heavy atom. The minimum atomic E-state index is 0. The summed E-state index contributed by atoms with van der Waals surface area (Å²) in [5.74, 6) is 0. The van der Waals surface area contributed by atoms with Gasteiger partial charge in [0.25, 0.3) is 0 Å². The van der Waals surface area contributed by atoms with Gasteiger partial charge in [0.15, 0.2) is 0 Å². The molecule has 0 saturated heterocycles. The first kappa shape index (κ1) is 16.4. The van der Waals surface area contributed by atoms with E-state index in [0.29, 0.717) is 0 Å². The maximum Gasteiger partial charge on any atom is -0.0533 e. The van der Waals surface area contributed by atoms with Gasteiger partial charge in [-0.1, -0.05) is 77.0 Å². The predicted octanol–water partition coefficient (Wildman–Crippen LogP) is 5.01. The van der Waals surface area contributed by atoms with Gasteiger partial charge in [-0.3, -0.25) is 0 Å². The molecular weight excluding hydrogens is 172 g/mol. The Bertz CT molecular complexity index is 51.3. The van der Waals surface area contributed by atoms with Gasteiger partial charge in [0, 0.05) is 0 Å². The Labute approximate surface area is 90.0 Å². The second-order valence-electron chi connectivity index (χ2n) is 4.24. The summed E-state index contributed by atoms with van der Waals surface area (Å²) in [6.07, 6.45) is 18.0. The van der Waals surface area contributed by atoms with E-state index in [-0.39, 0.29) is 12.3 Å². The van der Waals surface area contributed by atoms with Gasteiger partial charge in [-0.2, -0.15) is 0 Å². The van der Waals surface area contributed by atoms with Crippen molar-refractivity contribution in [2.24, 2.45) is 0 Å². The first-order valence-electron chi connectivity index (χ1n) is 6.00. The fraction of sp³-hybridized carbons (Fsp3) is 1.00. The molecule has 1 rings (SSSR count). The highest BCUT2D eigenvalue weighted by Crippen LogP contribution is 2.15. The van der Waals surface area contributed by atoms with Crippen LogP contribution >= 0.6 is 0 Å². The normalized spacial score (nSPS) is 20.6. The van der Waals surface area contributed by atoms with Crippen molar-refractivity contribution in [3.63, 3.8) is 0 Å². The van der Waals surface area contributed by atoms with Gasteiger partial charge in [-0.25, -0.2) is 0 Å². The molecule has 1 saturated carbocycles. The van der Waals surface area contributed by atoms with E-state index in [1.165, 1.54) is 77.0 Å². The lowest BCUT2D eigenvalue weighted by molar-refractivity contribution is 0.504. The Hall–Kier alpha value is -0.0800. The molecule has 2 heteroatoms. The van der Waals surface area contributed by atoms with Gasteiger partial charge in [-0.05, 0) is 0 Å². The monoisotopic (exact) mass is 202 g/mol. The maximum atomic E-state index is 1.50. The zero-order valence-electron chi connectivity index (χ0n) is 9.90. The third-order valence-electron chi connectivity index (χ3n) is 3.00. The zero-order chi connectivity index (χ0) is 8.49. The van der Waals surface area contributed by atoms with Crippen molar-refractivity contribution in [1.29, 1.82) is 0 Å². The molecule has 1 aliphatic carbocycles. The van der Waals surface area contributed by atoms with E-state index in [4.69, 9.17) is 0 Å². The highest BCUT2D eigenvalue weighted by atomic mass is 14.0. The Balaban J connectivity index is 0. The molecule has 0 atom stereocenters. The molecule has 0 aromatic heterocycles. The van der Waals surface area contributed by atoms with Crippen molar-refractivity contribution in [2.75, 3.05) is 0 Å². The fourth-order valence-corrected chi connectivity index (χ4v) is 2.12. The van der Waals surface area contributed by atoms with Crippen LogP contribution in [0.15, 0.2) is 0 Å². The third-order valence-corrected chi connectivity index (χ3v) is 3.00. The Morgan fingerprint density at radius 1 is 0.214 bits per heavy atom. The van der Waals surface area contributed by atoms with Crippen LogP contribution in [0.1, 0.15) is 77.0 Å². The summed E-state index contributed by atoms with van der Waals surface area (Å²) < 4.78 is 0. The summed E-state index contributed by atoms with van der Waals surface area (Å²) >= 11 is 0. The van der Waals surface area contributed by atoms with Crippen LogP contribution in [-0.4, -0.2) is 0 Å². The summed E-state index contributed by atoms with van der Waals surface area (Å²) in [6.45, 7) is 0. The molecular formula is C12H30N2. The first-order valence-corrected chi connectivity index (χ1v) is 6.00. The van der Waals surface area contributed by atoms with E-state index in [1.807, 2.05) is 0 Å². The van der Waals surface area contributed by atoms with Crippen LogP contribution in [-0.2, 0) is 0 Å². The van der Waals surface area contributed by atoms with Crippen molar-refractivity contribution < 1.29 is 0 Å². The van der Waals surface area contributed by atoms with Crippen LogP contribution in [0.3, 0.4) is 0 Å². The van der Waals surface area contributed by atoms with Gasteiger partial charge in [0.2, 0.25) is 0 Å². The molecule has 0 aliphatic heterocycles. The van der Waals surface area contributed by atoms with Gasteiger partial charge >= 0.3 is 0 Å². The van der Waals surface area contributed by atoms with Crippen LogP contribution in [0.25, 0.3) is 0 Å². The molecule has 2 nitrogen and oxygen atoms in total. The molecule has 88 valence electrons. The minimum absolute atomic E-state index is 0. The van der Waals surface area contributed by atoms with E-state index >= 15 is 0 Å². The highest BCUT2D eigenvalue weighted by Gasteiger charge is 1.96. The summed E-state index contributed by atoms with van der Waals surface area (Å²) in [6, 6.07) is 0. The lowest BCUT2D eigenvalue weighted by atomic mass is 10.0. The van der Waals surface area contributed by atoms with Crippen molar-refractivity contribution in [3.05, 3.63) is 0 Å². The molecule has 0 bridgehead atoms. The fourth-order valence-electron chi connectivity index (χ4n) is 2.12. The third kappa shape index (κ3) is 10.0. The van der Waals surface area contributed by atoms with Crippen molar-refractivity contribution in [2.45, 2.75) is 77.0 Å². The molecule has 14 heavy (non-hydrogen) atoms. The summed E-state index contributed by atoms with van der Waals surface area (Å²) in [5, 5.41) is 0. The highest BCUT2D eigenvalue weighted by molar-refractivity contribution is 4.51. The molecule has 0 spiro atoms. The number of hydrogen-bond acceptors (Lipinski definition) is 2. The van der Waals surface area contributed by atoms with Gasteiger partial charge in [0.05, 0.1) is 0 Å². The van der Waals surface area contributed by atoms with Crippen LogP contribution < -0.4 is 12.3 Å². The average molecular weight is 202 g/mol. The van der Waals surface area contributed by atoms with E-state index in [0.717, 1.165) is 0 Å². The lowest BCUT2D eigenvalue weighted by Gasteiger charge is -2.05. The average Bonchev–Trinajstić information content (AvgIpc) is 2.05. The molecule has 0 amide bonds. The maximum absolute atomic E-state index is 1.50. The lowest BCUT2D eigenvalue weighted by Crippen LogP contribution is -1.85. The van der Waals surface area contributed by atoms with Crippen LogP contribution in [0, 0.1) is 0 Å². The number of rotatable bonds is 0. The van der Waals surface area contributed by atoms with Crippen molar-refractivity contribution >= 4 is 0 Å². The van der Waals surface area contributed by atoms with E-state index < -0.39 is 0 Å². The molecule has 1 fully saturated rings. The molecule has 0 unspecified atom stereocenters. The topological polar surface area (TPSA) is 70.0 Å². The van der Waals surface area contributed by atoms with Gasteiger partial charge < -0.3 is 12.3 Å². The first-order chi connectivity index (χ1) is 6.00. The van der Waals surface area contributed by atoms with Gasteiger partial charge in [0.1, 0.15) is 0 Å². The summed E-state index contributed by atoms with van der Waals surface area (Å²) in [5.41, 5.74) is 0. The molecule has 0 aromatic rings. The van der Waals surface area contributed by atoms with E-state index in [1.54, 1.807) is 0 Å². The predicted molar refractivity (Wildman–Crippen MR) is 65.4 cm³/mol. The second-order valence-corrected chi connectivity index (χ2v) is 4.24. The van der Waals surface area contributed by atoms with Crippen LogP contribution in [0.2, 0.25) is 0 Å². The Morgan fingerprint density at radius 2 is 0.286 bits per heavy atom. The SMILES string of the molecule is C1CCCCCCCCCCC1.N.N. The van der Waals surface area contributed by atoms with E-state index in [2.05, 4.69) is 0 Å². The molecule has 6 N–H and O–H groups in total. The zero-order valence-corrected chi connectivity index (χ0v) is 9.90.